The highest BCUT2D eigenvalue weighted by molar-refractivity contribution is 7.22. The summed E-state index contributed by atoms with van der Waals surface area (Å²) in [5.74, 6) is -0.536. The van der Waals surface area contributed by atoms with Gasteiger partial charge in [-0.15, -0.1) is 22.7 Å². The van der Waals surface area contributed by atoms with Crippen LogP contribution in [0.2, 0.25) is 8.67 Å². The van der Waals surface area contributed by atoms with Crippen LogP contribution in [-0.4, -0.2) is 5.91 Å². The average molecular weight is 293 g/mol. The van der Waals surface area contributed by atoms with Crippen molar-refractivity contribution in [1.82, 2.24) is 0 Å². The van der Waals surface area contributed by atoms with E-state index in [-0.39, 0.29) is 0 Å². The number of carbonyl (C=O) groups is 1. The molecule has 0 unspecified atom stereocenters. The number of nitrogen functional groups attached to an aromatic ring is 1. The fourth-order valence-corrected chi connectivity index (χ4v) is 3.80. The number of anilines is 1. The van der Waals surface area contributed by atoms with Crippen molar-refractivity contribution in [2.24, 2.45) is 5.73 Å². The van der Waals surface area contributed by atoms with Gasteiger partial charge in [0.15, 0.2) is 0 Å². The second-order valence-electron chi connectivity index (χ2n) is 3.00. The predicted molar refractivity (Wildman–Crippen MR) is 70.6 cm³/mol. The van der Waals surface area contributed by atoms with Crippen LogP contribution in [0, 0.1) is 0 Å². The molecule has 2 aromatic heterocycles. The van der Waals surface area contributed by atoms with Gasteiger partial charge in [-0.25, -0.2) is 0 Å². The maximum atomic E-state index is 11.1. The van der Waals surface area contributed by atoms with E-state index in [1.165, 1.54) is 22.7 Å². The summed E-state index contributed by atoms with van der Waals surface area (Å²) in [5, 5.41) is 0. The average Bonchev–Trinajstić information content (AvgIpc) is 2.69. The topological polar surface area (TPSA) is 69.1 Å². The molecule has 0 aromatic carbocycles. The smallest absolute Gasteiger partial charge is 0.260 e. The number of amides is 1. The number of rotatable bonds is 2. The molecule has 2 rings (SSSR count). The van der Waals surface area contributed by atoms with Gasteiger partial charge in [0.1, 0.15) is 9.21 Å². The van der Waals surface area contributed by atoms with Gasteiger partial charge in [0.25, 0.3) is 5.91 Å². The Balaban J connectivity index is 2.53. The Morgan fingerprint density at radius 1 is 1.25 bits per heavy atom. The zero-order chi connectivity index (χ0) is 11.9. The van der Waals surface area contributed by atoms with Crippen LogP contribution in [0.5, 0.6) is 0 Å². The standard InChI is InChI=1S/C9H6Cl2N2OS2/c10-6-1-3(8(11)16-6)5-2-4(12)7(15-5)9(13)14/h1-2H,12H2,(H2,13,14). The molecule has 0 aliphatic rings. The molecule has 3 nitrogen and oxygen atoms in total. The number of carbonyl (C=O) groups excluding carboxylic acids is 1. The quantitative estimate of drug-likeness (QED) is 0.890. The first-order valence-electron chi connectivity index (χ1n) is 4.13. The number of nitrogens with two attached hydrogens (primary N) is 2. The number of thiophene rings is 2. The molecule has 0 fully saturated rings. The molecule has 2 aromatic rings. The Bertz CT molecular complexity index is 562. The molecule has 84 valence electrons. The first-order chi connectivity index (χ1) is 7.49. The number of hydrogen-bond donors (Lipinski definition) is 2. The van der Waals surface area contributed by atoms with Crippen LogP contribution in [-0.2, 0) is 0 Å². The van der Waals surface area contributed by atoms with Crippen molar-refractivity contribution in [1.29, 1.82) is 0 Å². The predicted octanol–water partition coefficient (Wildman–Crippen LogP) is 3.46. The highest BCUT2D eigenvalue weighted by Gasteiger charge is 2.16. The van der Waals surface area contributed by atoms with Gasteiger partial charge in [-0.3, -0.25) is 4.79 Å². The highest BCUT2D eigenvalue weighted by Crippen LogP contribution is 2.42. The van der Waals surface area contributed by atoms with Crippen LogP contribution < -0.4 is 11.5 Å². The van der Waals surface area contributed by atoms with Crippen LogP contribution in [0.4, 0.5) is 5.69 Å². The summed E-state index contributed by atoms with van der Waals surface area (Å²) in [6, 6.07) is 3.42. The van der Waals surface area contributed by atoms with Crippen molar-refractivity contribution >= 4 is 57.5 Å². The lowest BCUT2D eigenvalue weighted by molar-refractivity contribution is 0.100. The zero-order valence-corrected chi connectivity index (χ0v) is 10.9. The summed E-state index contributed by atoms with van der Waals surface area (Å²) in [6.07, 6.45) is 0. The number of primary amides is 1. The van der Waals surface area contributed by atoms with Crippen LogP contribution in [0.1, 0.15) is 9.67 Å². The zero-order valence-electron chi connectivity index (χ0n) is 7.79. The molecular formula is C9H6Cl2N2OS2. The number of hydrogen-bond acceptors (Lipinski definition) is 4. The summed E-state index contributed by atoms with van der Waals surface area (Å²) >= 11 is 14.3. The minimum atomic E-state index is -0.536. The van der Waals surface area contributed by atoms with Gasteiger partial charge >= 0.3 is 0 Å². The summed E-state index contributed by atoms with van der Waals surface area (Å²) in [6.45, 7) is 0. The van der Waals surface area contributed by atoms with Crippen molar-refractivity contribution in [2.45, 2.75) is 0 Å². The summed E-state index contributed by atoms with van der Waals surface area (Å²) in [4.78, 5) is 12.2. The van der Waals surface area contributed by atoms with E-state index in [0.29, 0.717) is 19.2 Å². The Hall–Kier alpha value is -0.750. The minimum Gasteiger partial charge on any atom is -0.397 e. The SMILES string of the molecule is NC(=O)c1sc(-c2cc(Cl)sc2Cl)cc1N. The molecule has 0 saturated carbocycles. The molecule has 0 atom stereocenters. The van der Waals surface area contributed by atoms with E-state index in [0.717, 1.165) is 10.4 Å². The second kappa shape index (κ2) is 4.25. The van der Waals surface area contributed by atoms with Crippen molar-refractivity contribution in [3.8, 4) is 10.4 Å². The van der Waals surface area contributed by atoms with E-state index < -0.39 is 5.91 Å². The lowest BCUT2D eigenvalue weighted by Crippen LogP contribution is -2.10. The van der Waals surface area contributed by atoms with Crippen LogP contribution in [0.3, 0.4) is 0 Å². The largest absolute Gasteiger partial charge is 0.397 e. The van der Waals surface area contributed by atoms with Gasteiger partial charge in [-0.05, 0) is 12.1 Å². The molecule has 7 heteroatoms. The van der Waals surface area contributed by atoms with E-state index in [2.05, 4.69) is 0 Å². The molecule has 16 heavy (non-hydrogen) atoms. The van der Waals surface area contributed by atoms with E-state index in [1.807, 2.05) is 0 Å². The molecule has 0 spiro atoms. The van der Waals surface area contributed by atoms with Crippen LogP contribution in [0.15, 0.2) is 12.1 Å². The second-order valence-corrected chi connectivity index (χ2v) is 6.34. The van der Waals surface area contributed by atoms with Gasteiger partial charge in [0.2, 0.25) is 0 Å². The summed E-state index contributed by atoms with van der Waals surface area (Å²) in [5.41, 5.74) is 12.0. The lowest BCUT2D eigenvalue weighted by atomic mass is 10.2. The normalized spacial score (nSPS) is 10.6. The minimum absolute atomic E-state index is 0.341. The fourth-order valence-electron chi connectivity index (χ4n) is 1.24. The molecule has 0 saturated heterocycles. The van der Waals surface area contributed by atoms with Crippen LogP contribution >= 0.6 is 45.9 Å². The van der Waals surface area contributed by atoms with E-state index in [4.69, 9.17) is 34.7 Å². The molecule has 0 aliphatic carbocycles. The fraction of sp³-hybridized carbons (Fsp3) is 0. The first kappa shape index (κ1) is 11.7. The third-order valence-electron chi connectivity index (χ3n) is 1.91. The summed E-state index contributed by atoms with van der Waals surface area (Å²) in [7, 11) is 0. The molecule has 4 N–H and O–H groups in total. The van der Waals surface area contributed by atoms with Crippen molar-refractivity contribution in [3.05, 3.63) is 25.7 Å². The number of halogens is 2. The van der Waals surface area contributed by atoms with Gasteiger partial charge in [-0.1, -0.05) is 23.2 Å². The first-order valence-corrected chi connectivity index (χ1v) is 6.52. The maximum absolute atomic E-state index is 11.1. The van der Waals surface area contributed by atoms with Crippen molar-refractivity contribution in [2.75, 3.05) is 5.73 Å². The third kappa shape index (κ3) is 2.04. The maximum Gasteiger partial charge on any atom is 0.260 e. The Labute approximate surface area is 110 Å². The van der Waals surface area contributed by atoms with Gasteiger partial charge in [-0.2, -0.15) is 0 Å². The molecule has 2 heterocycles. The third-order valence-corrected chi connectivity index (χ3v) is 4.59. The van der Waals surface area contributed by atoms with Crippen molar-refractivity contribution in [3.63, 3.8) is 0 Å². The molecule has 0 bridgehead atoms. The van der Waals surface area contributed by atoms with E-state index >= 15 is 0 Å². The van der Waals surface area contributed by atoms with Crippen LogP contribution in [0.25, 0.3) is 10.4 Å². The van der Waals surface area contributed by atoms with Gasteiger partial charge in [0, 0.05) is 10.4 Å². The highest BCUT2D eigenvalue weighted by atomic mass is 35.5. The molecule has 0 aliphatic heterocycles. The van der Waals surface area contributed by atoms with Crippen molar-refractivity contribution < 1.29 is 4.79 Å². The molecular weight excluding hydrogens is 287 g/mol. The molecule has 0 radical (unpaired) electrons. The Morgan fingerprint density at radius 2 is 1.94 bits per heavy atom. The van der Waals surface area contributed by atoms with E-state index in [9.17, 15) is 4.79 Å². The lowest BCUT2D eigenvalue weighted by Gasteiger charge is -1.91. The Kier molecular flexibility index (Phi) is 3.12. The summed E-state index contributed by atoms with van der Waals surface area (Å²) < 4.78 is 1.16. The van der Waals surface area contributed by atoms with Gasteiger partial charge in [0.05, 0.1) is 10.0 Å². The monoisotopic (exact) mass is 292 g/mol. The van der Waals surface area contributed by atoms with Gasteiger partial charge < -0.3 is 11.5 Å². The van der Waals surface area contributed by atoms with E-state index in [1.54, 1.807) is 12.1 Å². The Morgan fingerprint density at radius 3 is 2.38 bits per heavy atom. The molecule has 1 amide bonds.